The molecule has 2 saturated heterocycles. The third-order valence-electron chi connectivity index (χ3n) is 9.39. The smallest absolute Gasteiger partial charge is 0.492 e. The van der Waals surface area contributed by atoms with E-state index in [0.717, 1.165) is 29.6 Å². The van der Waals surface area contributed by atoms with Gasteiger partial charge in [0, 0.05) is 43.5 Å². The number of β-amino-alcohol motifs (C(OH)–C–C–N with tert-alkyl or cyclic N) is 1. The quantitative estimate of drug-likeness (QED) is 0.491. The summed E-state index contributed by atoms with van der Waals surface area (Å²) in [6.45, 7) is 16.4. The molecule has 2 aromatic rings. The number of pyridine rings is 1. The fourth-order valence-electron chi connectivity index (χ4n) is 5.84. The van der Waals surface area contributed by atoms with Crippen LogP contribution in [0, 0.1) is 11.3 Å². The van der Waals surface area contributed by atoms with Crippen LogP contribution in [0.1, 0.15) is 87.3 Å². The number of fused-ring (bicyclic) bond motifs is 1. The molecule has 3 aliphatic heterocycles. The highest BCUT2D eigenvalue weighted by Gasteiger charge is 2.52. The summed E-state index contributed by atoms with van der Waals surface area (Å²) in [5, 5.41) is 19.4. The minimum Gasteiger partial charge on any atom is -0.492 e. The molecule has 0 saturated carbocycles. The number of carbonyl (C=O) groups excluding carboxylic acids is 1. The van der Waals surface area contributed by atoms with Gasteiger partial charge in [0.05, 0.1) is 35.6 Å². The summed E-state index contributed by atoms with van der Waals surface area (Å²) in [6.07, 6.45) is 2.64. The van der Waals surface area contributed by atoms with E-state index in [9.17, 15) is 15.2 Å². The van der Waals surface area contributed by atoms with Crippen molar-refractivity contribution < 1.29 is 23.9 Å². The van der Waals surface area contributed by atoms with Crippen molar-refractivity contribution in [2.45, 2.75) is 90.7 Å². The predicted molar refractivity (Wildman–Crippen MR) is 156 cm³/mol. The first-order valence-corrected chi connectivity index (χ1v) is 14.6. The van der Waals surface area contributed by atoms with Gasteiger partial charge in [0.2, 0.25) is 0 Å². The number of aliphatic hydroxyl groups is 1. The third kappa shape index (κ3) is 5.37. The second-order valence-corrected chi connectivity index (χ2v) is 12.4. The van der Waals surface area contributed by atoms with E-state index in [1.807, 2.05) is 59.4 Å². The fourth-order valence-corrected chi connectivity index (χ4v) is 5.84. The lowest BCUT2D eigenvalue weighted by Crippen LogP contribution is -2.58. The summed E-state index contributed by atoms with van der Waals surface area (Å²) in [7, 11) is -0.566. The average Bonchev–Trinajstić information content (AvgIpc) is 3.16. The van der Waals surface area contributed by atoms with E-state index in [0.29, 0.717) is 48.7 Å². The monoisotopic (exact) mass is 560 g/mol. The molecular formula is C31H41BN4O5. The minimum absolute atomic E-state index is 0.0600. The van der Waals surface area contributed by atoms with Crippen molar-refractivity contribution in [3.63, 3.8) is 0 Å². The summed E-state index contributed by atoms with van der Waals surface area (Å²) in [5.74, 6) is 0.419. The Morgan fingerprint density at radius 3 is 2.56 bits per heavy atom. The zero-order valence-corrected chi connectivity index (χ0v) is 25.2. The van der Waals surface area contributed by atoms with Gasteiger partial charge in [-0.25, -0.2) is 0 Å². The highest BCUT2D eigenvalue weighted by molar-refractivity contribution is 6.63. The molecule has 1 unspecified atom stereocenters. The Bertz CT molecular complexity index is 1360. The summed E-state index contributed by atoms with van der Waals surface area (Å²) >= 11 is 0. The van der Waals surface area contributed by atoms with Crippen LogP contribution in [0.2, 0.25) is 0 Å². The number of benzene rings is 1. The largest absolute Gasteiger partial charge is 0.495 e. The molecule has 0 radical (unpaired) electrons. The number of hydrogen-bond acceptors (Lipinski definition) is 8. The van der Waals surface area contributed by atoms with Crippen molar-refractivity contribution in [3.05, 3.63) is 52.3 Å². The Hall–Kier alpha value is -2.97. The molecule has 1 aromatic carbocycles. The van der Waals surface area contributed by atoms with Crippen LogP contribution in [0.4, 0.5) is 0 Å². The number of hydrogen-bond donors (Lipinski definition) is 1. The van der Waals surface area contributed by atoms with E-state index in [1.54, 1.807) is 6.07 Å². The van der Waals surface area contributed by atoms with Gasteiger partial charge in [-0.2, -0.15) is 5.26 Å². The summed E-state index contributed by atoms with van der Waals surface area (Å²) < 4.78 is 18.6. The van der Waals surface area contributed by atoms with Crippen molar-refractivity contribution in [2.24, 2.45) is 0 Å². The lowest BCUT2D eigenvalue weighted by molar-refractivity contribution is -0.0510. The highest BCUT2D eigenvalue weighted by Crippen LogP contribution is 2.38. The number of rotatable bonds is 8. The molecule has 1 aromatic heterocycles. The number of nitriles is 1. The predicted octanol–water partition coefficient (Wildman–Crippen LogP) is 3.02. The van der Waals surface area contributed by atoms with Gasteiger partial charge in [-0.3, -0.25) is 14.7 Å². The molecule has 9 nitrogen and oxygen atoms in total. The number of amides is 1. The van der Waals surface area contributed by atoms with Crippen LogP contribution in [0.25, 0.3) is 0 Å². The third-order valence-corrected chi connectivity index (χ3v) is 9.39. The van der Waals surface area contributed by atoms with E-state index in [2.05, 4.69) is 22.0 Å². The molecule has 0 spiro atoms. The van der Waals surface area contributed by atoms with Gasteiger partial charge in [0.25, 0.3) is 5.91 Å². The summed E-state index contributed by atoms with van der Waals surface area (Å²) in [4.78, 5) is 22.7. The topological polar surface area (TPSA) is 108 Å². The number of nitrogens with zero attached hydrogens (tertiary/aromatic N) is 4. The molecule has 2 fully saturated rings. The number of carbonyl (C=O) groups is 1. The maximum absolute atomic E-state index is 14.1. The zero-order chi connectivity index (χ0) is 29.7. The molecular weight excluding hydrogens is 519 g/mol. The molecule has 0 aliphatic carbocycles. The molecule has 10 heteroatoms. The SMILES string of the molecule is CCOc1cc(C(C)N2CCc3c(B4OC(C)(C)C(C)(C)O4)cc(CCN4C[C@@H](O)[C@H]4C)cc3C2=O)ncc1C#N. The van der Waals surface area contributed by atoms with Crippen molar-refractivity contribution in [1.29, 1.82) is 5.26 Å². The van der Waals surface area contributed by atoms with Gasteiger partial charge in [0.15, 0.2) is 0 Å². The minimum atomic E-state index is -0.566. The maximum Gasteiger partial charge on any atom is 0.495 e. The number of aliphatic hydroxyl groups excluding tert-OH is 1. The van der Waals surface area contributed by atoms with Crippen molar-refractivity contribution in [2.75, 3.05) is 26.2 Å². The summed E-state index contributed by atoms with van der Waals surface area (Å²) in [5.41, 5.74) is 3.65. The van der Waals surface area contributed by atoms with Gasteiger partial charge in [-0.1, -0.05) is 6.07 Å². The highest BCUT2D eigenvalue weighted by atomic mass is 16.7. The van der Waals surface area contributed by atoms with Crippen molar-refractivity contribution in [3.8, 4) is 11.8 Å². The number of ether oxygens (including phenoxy) is 1. The van der Waals surface area contributed by atoms with Crippen LogP contribution >= 0.6 is 0 Å². The Kier molecular flexibility index (Phi) is 7.94. The molecule has 1 amide bonds. The Morgan fingerprint density at radius 2 is 1.95 bits per heavy atom. The van der Waals surface area contributed by atoms with Gasteiger partial charge < -0.3 is 24.1 Å². The van der Waals surface area contributed by atoms with Crippen molar-refractivity contribution >= 4 is 18.5 Å². The molecule has 3 aliphatic rings. The fraction of sp³-hybridized carbons (Fsp3) is 0.581. The Balaban J connectivity index is 1.47. The first-order chi connectivity index (χ1) is 19.4. The maximum atomic E-state index is 14.1. The number of likely N-dealkylation sites (tertiary alicyclic amines) is 1. The normalized spacial score (nSPS) is 24.0. The lowest BCUT2D eigenvalue weighted by atomic mass is 9.71. The van der Waals surface area contributed by atoms with Crippen molar-refractivity contribution in [1.82, 2.24) is 14.8 Å². The van der Waals surface area contributed by atoms with Crippen LogP contribution in [-0.4, -0.2) is 82.5 Å². The van der Waals surface area contributed by atoms with Gasteiger partial charge in [-0.05, 0) is 84.0 Å². The standard InChI is InChI=1S/C31H41BN4O5/c1-8-39-28-15-26(34-17-22(28)16-33)19(2)36-12-10-23-24(29(36)38)13-21(9-11-35-18-27(37)20(35)3)14-25(23)32-40-30(4,5)31(6,7)41-32/h13-15,17,19-20,27,37H,8-12,18H2,1-7H3/t19?,20-,27-/m1/s1. The van der Waals surface area contributed by atoms with E-state index in [4.69, 9.17) is 14.0 Å². The zero-order valence-electron chi connectivity index (χ0n) is 25.2. The van der Waals surface area contributed by atoms with Crippen LogP contribution in [0.3, 0.4) is 0 Å². The van der Waals surface area contributed by atoms with Crippen LogP contribution < -0.4 is 10.2 Å². The van der Waals surface area contributed by atoms with E-state index in [-0.39, 0.29) is 24.1 Å². The van der Waals surface area contributed by atoms with Crippen LogP contribution in [0.15, 0.2) is 24.4 Å². The first kappa shape index (κ1) is 29.5. The molecule has 3 atom stereocenters. The first-order valence-electron chi connectivity index (χ1n) is 14.6. The molecule has 41 heavy (non-hydrogen) atoms. The number of aromatic nitrogens is 1. The molecule has 0 bridgehead atoms. The van der Waals surface area contributed by atoms with Crippen LogP contribution in [-0.2, 0) is 22.2 Å². The van der Waals surface area contributed by atoms with Gasteiger partial charge in [-0.15, -0.1) is 0 Å². The molecule has 1 N–H and O–H groups in total. The summed E-state index contributed by atoms with van der Waals surface area (Å²) in [6, 6.07) is 7.88. The molecule has 218 valence electrons. The lowest BCUT2D eigenvalue weighted by Gasteiger charge is -2.43. The molecule has 5 rings (SSSR count). The second-order valence-electron chi connectivity index (χ2n) is 12.4. The Labute approximate surface area is 243 Å². The van der Waals surface area contributed by atoms with E-state index < -0.39 is 18.3 Å². The van der Waals surface area contributed by atoms with Gasteiger partial charge in [0.1, 0.15) is 17.4 Å². The average molecular weight is 561 g/mol. The van der Waals surface area contributed by atoms with Crippen LogP contribution in [0.5, 0.6) is 5.75 Å². The van der Waals surface area contributed by atoms with E-state index in [1.165, 1.54) is 6.20 Å². The second kappa shape index (κ2) is 11.0. The Morgan fingerprint density at radius 1 is 1.24 bits per heavy atom. The van der Waals surface area contributed by atoms with E-state index >= 15 is 0 Å². The van der Waals surface area contributed by atoms with Gasteiger partial charge >= 0.3 is 7.12 Å². The molecule has 4 heterocycles.